The van der Waals surface area contributed by atoms with Crippen molar-refractivity contribution in [1.29, 1.82) is 0 Å². The Hall–Kier alpha value is -0.640. The van der Waals surface area contributed by atoms with Gasteiger partial charge in [0.05, 0.1) is 0 Å². The van der Waals surface area contributed by atoms with Crippen LogP contribution in [0.2, 0.25) is 0 Å². The highest BCUT2D eigenvalue weighted by molar-refractivity contribution is 5.66. The summed E-state index contributed by atoms with van der Waals surface area (Å²) in [5, 5.41) is 8.50. The molecule has 0 saturated carbocycles. The van der Waals surface area contributed by atoms with E-state index in [2.05, 4.69) is 4.90 Å². The van der Waals surface area contributed by atoms with Crippen LogP contribution in [0.25, 0.3) is 0 Å². The summed E-state index contributed by atoms with van der Waals surface area (Å²) in [6.07, 6.45) is 5.53. The SMILES string of the molecule is O=C(O)CCCCC1CCN(CCF)CC1. The van der Waals surface area contributed by atoms with E-state index in [-0.39, 0.29) is 6.67 Å². The first-order valence-electron chi connectivity index (χ1n) is 6.22. The van der Waals surface area contributed by atoms with Gasteiger partial charge in [0.15, 0.2) is 0 Å². The summed E-state index contributed by atoms with van der Waals surface area (Å²) in [7, 11) is 0. The zero-order chi connectivity index (χ0) is 11.8. The lowest BCUT2D eigenvalue weighted by molar-refractivity contribution is -0.137. The molecule has 1 N–H and O–H groups in total. The van der Waals surface area contributed by atoms with Crippen LogP contribution in [0.1, 0.15) is 38.5 Å². The Morgan fingerprint density at radius 1 is 1.31 bits per heavy atom. The molecule has 1 heterocycles. The van der Waals surface area contributed by atoms with Crippen LogP contribution in [0.15, 0.2) is 0 Å². The number of aliphatic carboxylic acids is 1. The quantitative estimate of drug-likeness (QED) is 0.683. The van der Waals surface area contributed by atoms with Gasteiger partial charge in [-0.1, -0.05) is 12.8 Å². The highest BCUT2D eigenvalue weighted by Crippen LogP contribution is 2.22. The van der Waals surface area contributed by atoms with E-state index in [4.69, 9.17) is 5.11 Å². The Kier molecular flexibility index (Phi) is 6.38. The topological polar surface area (TPSA) is 40.5 Å². The molecule has 0 unspecified atom stereocenters. The smallest absolute Gasteiger partial charge is 0.303 e. The zero-order valence-electron chi connectivity index (χ0n) is 9.83. The molecule has 0 amide bonds. The molecule has 0 spiro atoms. The highest BCUT2D eigenvalue weighted by Gasteiger charge is 2.18. The minimum absolute atomic E-state index is 0.247. The lowest BCUT2D eigenvalue weighted by atomic mass is 9.91. The first-order valence-corrected chi connectivity index (χ1v) is 6.22. The third-order valence-corrected chi connectivity index (χ3v) is 3.36. The van der Waals surface area contributed by atoms with Gasteiger partial charge in [0.25, 0.3) is 0 Å². The number of unbranched alkanes of at least 4 members (excludes halogenated alkanes) is 1. The fourth-order valence-electron chi connectivity index (χ4n) is 2.33. The van der Waals surface area contributed by atoms with Crippen molar-refractivity contribution in [2.75, 3.05) is 26.3 Å². The van der Waals surface area contributed by atoms with Crippen molar-refractivity contribution < 1.29 is 14.3 Å². The Bertz CT molecular complexity index is 203. The standard InChI is InChI=1S/C12H22FNO2/c13-7-10-14-8-5-11(6-9-14)3-1-2-4-12(15)16/h11H,1-10H2,(H,15,16). The molecule has 94 valence electrons. The number of nitrogens with zero attached hydrogens (tertiary/aromatic N) is 1. The van der Waals surface area contributed by atoms with Gasteiger partial charge in [0, 0.05) is 13.0 Å². The van der Waals surface area contributed by atoms with Gasteiger partial charge in [-0.25, -0.2) is 4.39 Å². The fraction of sp³-hybridized carbons (Fsp3) is 0.917. The van der Waals surface area contributed by atoms with E-state index >= 15 is 0 Å². The maximum Gasteiger partial charge on any atom is 0.303 e. The number of carboxylic acids is 1. The molecular weight excluding hydrogens is 209 g/mol. The Balaban J connectivity index is 2.01. The second-order valence-corrected chi connectivity index (χ2v) is 4.61. The minimum Gasteiger partial charge on any atom is -0.481 e. The van der Waals surface area contributed by atoms with Crippen molar-refractivity contribution in [2.24, 2.45) is 5.92 Å². The lowest BCUT2D eigenvalue weighted by Crippen LogP contribution is -2.35. The molecule has 1 aliphatic rings. The summed E-state index contributed by atoms with van der Waals surface area (Å²) in [4.78, 5) is 12.5. The van der Waals surface area contributed by atoms with Crippen molar-refractivity contribution >= 4 is 5.97 Å². The molecule has 1 rings (SSSR count). The van der Waals surface area contributed by atoms with Gasteiger partial charge in [-0.05, 0) is 38.3 Å². The van der Waals surface area contributed by atoms with E-state index < -0.39 is 5.97 Å². The van der Waals surface area contributed by atoms with E-state index in [1.165, 1.54) is 0 Å². The van der Waals surface area contributed by atoms with Crippen LogP contribution in [0.4, 0.5) is 4.39 Å². The molecule has 0 aromatic heterocycles. The number of hydrogen-bond acceptors (Lipinski definition) is 2. The Morgan fingerprint density at radius 2 is 2.00 bits per heavy atom. The third kappa shape index (κ3) is 5.45. The number of hydrogen-bond donors (Lipinski definition) is 1. The number of piperidine rings is 1. The maximum absolute atomic E-state index is 12.1. The Morgan fingerprint density at radius 3 is 2.56 bits per heavy atom. The van der Waals surface area contributed by atoms with Crippen molar-refractivity contribution in [3.63, 3.8) is 0 Å². The molecule has 16 heavy (non-hydrogen) atoms. The maximum atomic E-state index is 12.1. The third-order valence-electron chi connectivity index (χ3n) is 3.36. The van der Waals surface area contributed by atoms with Gasteiger partial charge in [-0.15, -0.1) is 0 Å². The number of alkyl halides is 1. The predicted molar refractivity (Wildman–Crippen MR) is 61.2 cm³/mol. The van der Waals surface area contributed by atoms with Gasteiger partial charge >= 0.3 is 5.97 Å². The van der Waals surface area contributed by atoms with Crippen LogP contribution in [0.3, 0.4) is 0 Å². The van der Waals surface area contributed by atoms with E-state index in [0.717, 1.165) is 51.1 Å². The minimum atomic E-state index is -0.697. The molecule has 0 aromatic carbocycles. The van der Waals surface area contributed by atoms with Gasteiger partial charge < -0.3 is 10.0 Å². The average Bonchev–Trinajstić information content (AvgIpc) is 2.27. The van der Waals surface area contributed by atoms with Crippen molar-refractivity contribution in [3.05, 3.63) is 0 Å². The van der Waals surface area contributed by atoms with Crippen LogP contribution in [-0.4, -0.2) is 42.3 Å². The van der Waals surface area contributed by atoms with Crippen molar-refractivity contribution in [3.8, 4) is 0 Å². The number of rotatable bonds is 7. The second kappa shape index (κ2) is 7.60. The van der Waals surface area contributed by atoms with E-state index in [1.807, 2.05) is 0 Å². The zero-order valence-corrected chi connectivity index (χ0v) is 9.83. The van der Waals surface area contributed by atoms with Crippen LogP contribution in [0, 0.1) is 5.92 Å². The van der Waals surface area contributed by atoms with Crippen LogP contribution < -0.4 is 0 Å². The summed E-state index contributed by atoms with van der Waals surface area (Å²) in [5.41, 5.74) is 0. The summed E-state index contributed by atoms with van der Waals surface area (Å²) >= 11 is 0. The number of carboxylic acid groups (broad SMARTS) is 1. The van der Waals surface area contributed by atoms with Crippen LogP contribution >= 0.6 is 0 Å². The predicted octanol–water partition coefficient (Wildman–Crippen LogP) is 2.31. The van der Waals surface area contributed by atoms with Gasteiger partial charge in [0.1, 0.15) is 6.67 Å². The molecule has 1 saturated heterocycles. The van der Waals surface area contributed by atoms with Crippen molar-refractivity contribution in [2.45, 2.75) is 38.5 Å². The first kappa shape index (κ1) is 13.4. The normalized spacial score (nSPS) is 18.8. The van der Waals surface area contributed by atoms with Crippen molar-refractivity contribution in [1.82, 2.24) is 4.90 Å². The molecule has 1 aliphatic heterocycles. The molecule has 0 aromatic rings. The van der Waals surface area contributed by atoms with Gasteiger partial charge in [-0.3, -0.25) is 4.79 Å². The summed E-state index contributed by atoms with van der Waals surface area (Å²) in [5.74, 6) is 0.0300. The average molecular weight is 231 g/mol. The summed E-state index contributed by atoms with van der Waals surface area (Å²) in [6.45, 7) is 2.34. The second-order valence-electron chi connectivity index (χ2n) is 4.61. The molecule has 3 nitrogen and oxygen atoms in total. The van der Waals surface area contributed by atoms with Crippen LogP contribution in [0.5, 0.6) is 0 Å². The summed E-state index contributed by atoms with van der Waals surface area (Å²) < 4.78 is 12.1. The molecule has 0 atom stereocenters. The van der Waals surface area contributed by atoms with Gasteiger partial charge in [-0.2, -0.15) is 0 Å². The Labute approximate surface area is 96.6 Å². The molecular formula is C12H22FNO2. The van der Waals surface area contributed by atoms with E-state index in [9.17, 15) is 9.18 Å². The molecule has 0 bridgehead atoms. The lowest BCUT2D eigenvalue weighted by Gasteiger charge is -2.31. The number of carbonyl (C=O) groups is 1. The fourth-order valence-corrected chi connectivity index (χ4v) is 2.33. The molecule has 0 radical (unpaired) electrons. The molecule has 4 heteroatoms. The highest BCUT2D eigenvalue weighted by atomic mass is 19.1. The number of halogens is 1. The molecule has 0 aliphatic carbocycles. The first-order chi connectivity index (χ1) is 7.72. The van der Waals surface area contributed by atoms with E-state index in [1.54, 1.807) is 0 Å². The van der Waals surface area contributed by atoms with Gasteiger partial charge in [0.2, 0.25) is 0 Å². The van der Waals surface area contributed by atoms with Crippen LogP contribution in [-0.2, 0) is 4.79 Å². The summed E-state index contributed by atoms with van der Waals surface area (Å²) in [6, 6.07) is 0. The van der Waals surface area contributed by atoms with E-state index in [0.29, 0.717) is 13.0 Å². The largest absolute Gasteiger partial charge is 0.481 e. The number of likely N-dealkylation sites (tertiary alicyclic amines) is 1. The monoisotopic (exact) mass is 231 g/mol. The molecule has 1 fully saturated rings.